The number of amides is 1. The first-order valence-electron chi connectivity index (χ1n) is 8.38. The number of halogens is 1. The molecule has 146 valence electrons. The number of aryl methyl sites for hydroxylation is 1. The van der Waals surface area contributed by atoms with E-state index >= 15 is 0 Å². The number of hydrogen-bond donors (Lipinski definition) is 1. The van der Waals surface area contributed by atoms with Gasteiger partial charge < -0.3 is 19.2 Å². The second-order valence-electron chi connectivity index (χ2n) is 6.98. The summed E-state index contributed by atoms with van der Waals surface area (Å²) < 4.78 is 28.7. The SMILES string of the molecule is COC(=O)c1nc(C(Cc2ccc(F)cc2)NC(=O)OC(C)(C)C)oc1C. The number of methoxy groups -OCH3 is 1. The summed E-state index contributed by atoms with van der Waals surface area (Å²) in [6.45, 7) is 6.80. The number of carbonyl (C=O) groups is 2. The van der Waals surface area contributed by atoms with E-state index < -0.39 is 23.7 Å². The van der Waals surface area contributed by atoms with Crippen molar-refractivity contribution in [1.82, 2.24) is 10.3 Å². The van der Waals surface area contributed by atoms with E-state index in [0.29, 0.717) is 0 Å². The van der Waals surface area contributed by atoms with Crippen molar-refractivity contribution < 1.29 is 27.9 Å². The lowest BCUT2D eigenvalue weighted by Crippen LogP contribution is -2.36. The predicted molar refractivity (Wildman–Crippen MR) is 94.8 cm³/mol. The highest BCUT2D eigenvalue weighted by molar-refractivity contribution is 5.88. The van der Waals surface area contributed by atoms with Crippen LogP contribution in [0.2, 0.25) is 0 Å². The van der Waals surface area contributed by atoms with Gasteiger partial charge in [0, 0.05) is 6.42 Å². The molecule has 1 unspecified atom stereocenters. The number of ether oxygens (including phenoxy) is 2. The lowest BCUT2D eigenvalue weighted by molar-refractivity contribution is 0.0494. The molecule has 0 saturated heterocycles. The van der Waals surface area contributed by atoms with E-state index in [1.807, 2.05) is 0 Å². The second kappa shape index (κ2) is 8.20. The lowest BCUT2D eigenvalue weighted by atomic mass is 10.1. The fourth-order valence-electron chi connectivity index (χ4n) is 2.36. The highest BCUT2D eigenvalue weighted by atomic mass is 19.1. The van der Waals surface area contributed by atoms with Crippen LogP contribution >= 0.6 is 0 Å². The van der Waals surface area contributed by atoms with Crippen LogP contribution in [0.5, 0.6) is 0 Å². The molecule has 0 aliphatic carbocycles. The van der Waals surface area contributed by atoms with Crippen molar-refractivity contribution in [2.45, 2.75) is 45.8 Å². The van der Waals surface area contributed by atoms with E-state index in [1.54, 1.807) is 39.8 Å². The van der Waals surface area contributed by atoms with E-state index in [2.05, 4.69) is 15.0 Å². The average Bonchev–Trinajstić information content (AvgIpc) is 2.95. The Morgan fingerprint density at radius 1 is 1.26 bits per heavy atom. The molecule has 1 heterocycles. The number of alkyl carbamates (subject to hydrolysis) is 1. The Morgan fingerprint density at radius 3 is 2.44 bits per heavy atom. The number of hydrogen-bond acceptors (Lipinski definition) is 6. The van der Waals surface area contributed by atoms with Crippen molar-refractivity contribution >= 4 is 12.1 Å². The monoisotopic (exact) mass is 378 g/mol. The van der Waals surface area contributed by atoms with Crippen molar-refractivity contribution in [3.63, 3.8) is 0 Å². The summed E-state index contributed by atoms with van der Waals surface area (Å²) in [7, 11) is 1.24. The average molecular weight is 378 g/mol. The topological polar surface area (TPSA) is 90.7 Å². The molecule has 0 aliphatic rings. The summed E-state index contributed by atoms with van der Waals surface area (Å²) in [4.78, 5) is 28.2. The van der Waals surface area contributed by atoms with Crippen LogP contribution in [0.25, 0.3) is 0 Å². The van der Waals surface area contributed by atoms with Gasteiger partial charge in [-0.2, -0.15) is 0 Å². The smallest absolute Gasteiger partial charge is 0.408 e. The maximum absolute atomic E-state index is 13.2. The summed E-state index contributed by atoms with van der Waals surface area (Å²) in [5, 5.41) is 2.69. The third kappa shape index (κ3) is 5.80. The largest absolute Gasteiger partial charge is 0.464 e. The number of nitrogens with one attached hydrogen (secondary N) is 1. The third-order valence-corrected chi connectivity index (χ3v) is 3.53. The summed E-state index contributed by atoms with van der Waals surface area (Å²) in [6.07, 6.45) is -0.398. The Kier molecular flexibility index (Phi) is 6.20. The molecule has 7 nitrogen and oxygen atoms in total. The van der Waals surface area contributed by atoms with Gasteiger partial charge in [-0.1, -0.05) is 12.1 Å². The highest BCUT2D eigenvalue weighted by Crippen LogP contribution is 2.22. The Morgan fingerprint density at radius 2 is 1.89 bits per heavy atom. The maximum Gasteiger partial charge on any atom is 0.408 e. The fraction of sp³-hybridized carbons (Fsp3) is 0.421. The van der Waals surface area contributed by atoms with Gasteiger partial charge in [-0.25, -0.2) is 19.0 Å². The molecule has 0 radical (unpaired) electrons. The Hall–Kier alpha value is -2.90. The third-order valence-electron chi connectivity index (χ3n) is 3.53. The molecule has 1 aromatic carbocycles. The van der Waals surface area contributed by atoms with Crippen LogP contribution in [0.4, 0.5) is 9.18 Å². The van der Waals surface area contributed by atoms with E-state index in [4.69, 9.17) is 9.15 Å². The molecule has 2 aromatic rings. The summed E-state index contributed by atoms with van der Waals surface area (Å²) in [5.41, 5.74) is 0.0873. The number of nitrogens with zero attached hydrogens (tertiary/aromatic N) is 1. The minimum Gasteiger partial charge on any atom is -0.464 e. The van der Waals surface area contributed by atoms with Crippen molar-refractivity contribution in [1.29, 1.82) is 0 Å². The van der Waals surface area contributed by atoms with Crippen LogP contribution in [0.15, 0.2) is 28.7 Å². The number of benzene rings is 1. The molecule has 1 amide bonds. The first kappa shape index (κ1) is 20.4. The van der Waals surface area contributed by atoms with Crippen LogP contribution in [0.3, 0.4) is 0 Å². The van der Waals surface area contributed by atoms with E-state index in [1.165, 1.54) is 19.2 Å². The van der Waals surface area contributed by atoms with Crippen molar-refractivity contribution in [2.24, 2.45) is 0 Å². The number of oxazole rings is 1. The molecule has 2 rings (SSSR count). The van der Waals surface area contributed by atoms with Crippen molar-refractivity contribution in [2.75, 3.05) is 7.11 Å². The standard InChI is InChI=1S/C19H23FN2O5/c1-11-15(17(23)25-5)22-16(26-11)14(21-18(24)27-19(2,3)4)10-12-6-8-13(20)9-7-12/h6-9,14H,10H2,1-5H3,(H,21,24). The lowest BCUT2D eigenvalue weighted by Gasteiger charge is -2.22. The zero-order valence-corrected chi connectivity index (χ0v) is 16.0. The van der Waals surface area contributed by atoms with Gasteiger partial charge in [0.15, 0.2) is 5.69 Å². The van der Waals surface area contributed by atoms with Gasteiger partial charge in [0.05, 0.1) is 7.11 Å². The second-order valence-corrected chi connectivity index (χ2v) is 6.98. The first-order chi connectivity index (χ1) is 12.6. The van der Waals surface area contributed by atoms with Gasteiger partial charge in [0.2, 0.25) is 5.89 Å². The number of carbonyl (C=O) groups excluding carboxylic acids is 2. The van der Waals surface area contributed by atoms with Gasteiger partial charge in [-0.05, 0) is 45.4 Å². The number of rotatable bonds is 5. The van der Waals surface area contributed by atoms with Gasteiger partial charge in [-0.3, -0.25) is 0 Å². The quantitative estimate of drug-likeness (QED) is 0.798. The fourth-order valence-corrected chi connectivity index (χ4v) is 2.36. The van der Waals surface area contributed by atoms with Gasteiger partial charge in [-0.15, -0.1) is 0 Å². The summed E-state index contributed by atoms with van der Waals surface area (Å²) >= 11 is 0. The van der Waals surface area contributed by atoms with Crippen molar-refractivity contribution in [3.05, 3.63) is 53.0 Å². The molecule has 27 heavy (non-hydrogen) atoms. The number of esters is 1. The molecule has 0 bridgehead atoms. The first-order valence-corrected chi connectivity index (χ1v) is 8.38. The van der Waals surface area contributed by atoms with Crippen LogP contribution in [-0.2, 0) is 15.9 Å². The van der Waals surface area contributed by atoms with Gasteiger partial charge in [0.1, 0.15) is 23.2 Å². The Bertz CT molecular complexity index is 808. The highest BCUT2D eigenvalue weighted by Gasteiger charge is 2.27. The van der Waals surface area contributed by atoms with Crippen LogP contribution in [0, 0.1) is 12.7 Å². The minimum atomic E-state index is -0.720. The van der Waals surface area contributed by atoms with Crippen LogP contribution < -0.4 is 5.32 Å². The van der Waals surface area contributed by atoms with Crippen molar-refractivity contribution in [3.8, 4) is 0 Å². The van der Waals surface area contributed by atoms with Crippen LogP contribution in [0.1, 0.15) is 54.5 Å². The normalized spacial score (nSPS) is 12.4. The van der Waals surface area contributed by atoms with Gasteiger partial charge in [0.25, 0.3) is 0 Å². The number of aromatic nitrogens is 1. The molecule has 0 spiro atoms. The molecular formula is C19H23FN2O5. The maximum atomic E-state index is 13.2. The summed E-state index contributed by atoms with van der Waals surface area (Å²) in [6, 6.07) is 5.11. The molecule has 1 atom stereocenters. The summed E-state index contributed by atoms with van der Waals surface area (Å²) in [5.74, 6) is -0.606. The van der Waals surface area contributed by atoms with E-state index in [9.17, 15) is 14.0 Å². The zero-order chi connectivity index (χ0) is 20.2. The van der Waals surface area contributed by atoms with Gasteiger partial charge >= 0.3 is 12.1 Å². The molecule has 8 heteroatoms. The molecule has 0 saturated carbocycles. The molecule has 1 N–H and O–H groups in total. The van der Waals surface area contributed by atoms with E-state index in [-0.39, 0.29) is 29.6 Å². The molecule has 0 fully saturated rings. The van der Waals surface area contributed by atoms with E-state index in [0.717, 1.165) is 5.56 Å². The van der Waals surface area contributed by atoms with Crippen LogP contribution in [-0.4, -0.2) is 29.8 Å². The Labute approximate surface area is 156 Å². The molecule has 1 aromatic heterocycles. The molecule has 0 aliphatic heterocycles. The predicted octanol–water partition coefficient (Wildman–Crippen LogP) is 3.72. The molecular weight excluding hydrogens is 355 g/mol. The Balaban J connectivity index is 2.29. The zero-order valence-electron chi connectivity index (χ0n) is 16.0. The minimum absolute atomic E-state index is 0.0302.